The lowest BCUT2D eigenvalue weighted by molar-refractivity contribution is -0.0313. The molecule has 0 aliphatic carbocycles. The van der Waals surface area contributed by atoms with Crippen LogP contribution < -0.4 is 0 Å². The Morgan fingerprint density at radius 2 is 1.60 bits per heavy atom. The standard InChI is InChI=1S/C26H35ClN2O.C4H4S/c27-25-11-5-4-10-24(25)21-29-16-12-23(20-29)19-28-17-14-26(30,15-18-28)13-6-9-22-7-2-1-3-8-22;1-2-4-5-3-1/h1-5,7-8,10-11,23,30H,6,9,12-21H2;1-4H/t23-;/m1./s1. The Morgan fingerprint density at radius 1 is 0.886 bits per heavy atom. The molecule has 3 aromatic rings. The van der Waals surface area contributed by atoms with Crippen molar-refractivity contribution in [2.24, 2.45) is 5.92 Å². The van der Waals surface area contributed by atoms with E-state index >= 15 is 0 Å². The summed E-state index contributed by atoms with van der Waals surface area (Å²) in [6.45, 7) is 6.50. The van der Waals surface area contributed by atoms with Gasteiger partial charge in [0.1, 0.15) is 0 Å². The number of rotatable bonds is 8. The van der Waals surface area contributed by atoms with E-state index in [-0.39, 0.29) is 0 Å². The summed E-state index contributed by atoms with van der Waals surface area (Å²) in [5.74, 6) is 0.733. The Bertz CT molecular complexity index is 956. The van der Waals surface area contributed by atoms with E-state index in [4.69, 9.17) is 11.6 Å². The predicted octanol–water partition coefficient (Wildman–Crippen LogP) is 6.76. The van der Waals surface area contributed by atoms with Crippen molar-refractivity contribution in [3.63, 3.8) is 0 Å². The Morgan fingerprint density at radius 3 is 2.29 bits per heavy atom. The van der Waals surface area contributed by atoms with Crippen molar-refractivity contribution in [3.8, 4) is 0 Å². The predicted molar refractivity (Wildman–Crippen MR) is 149 cm³/mol. The van der Waals surface area contributed by atoms with Crippen LogP contribution in [0.15, 0.2) is 77.5 Å². The molecule has 5 heteroatoms. The fourth-order valence-corrected chi connectivity index (χ4v) is 5.98. The molecule has 1 N–H and O–H groups in total. The Kier molecular flexibility index (Phi) is 10.2. The molecule has 2 aromatic carbocycles. The van der Waals surface area contributed by atoms with E-state index in [0.29, 0.717) is 0 Å². The van der Waals surface area contributed by atoms with E-state index in [1.54, 1.807) is 11.3 Å². The summed E-state index contributed by atoms with van der Waals surface area (Å²) in [5.41, 5.74) is 2.15. The van der Waals surface area contributed by atoms with Crippen LogP contribution in [0.4, 0.5) is 0 Å². The van der Waals surface area contributed by atoms with Gasteiger partial charge in [0.25, 0.3) is 0 Å². The van der Waals surface area contributed by atoms with Crippen LogP contribution in [0, 0.1) is 5.92 Å². The molecule has 3 nitrogen and oxygen atoms in total. The van der Waals surface area contributed by atoms with E-state index < -0.39 is 5.60 Å². The molecule has 3 heterocycles. The Hall–Kier alpha value is -1.69. The smallest absolute Gasteiger partial charge is 0.0672 e. The SMILES string of the molecule is OC1(CCCc2ccccc2)CCN(C[C@H]2CCN(Cc3ccccc3Cl)C2)CC1.c1ccsc1. The number of likely N-dealkylation sites (tertiary alicyclic amines) is 2. The van der Waals surface area contributed by atoms with E-state index in [9.17, 15) is 5.11 Å². The molecule has 0 unspecified atom stereocenters. The van der Waals surface area contributed by atoms with Crippen LogP contribution in [-0.4, -0.2) is 53.2 Å². The molecule has 5 rings (SSSR count). The van der Waals surface area contributed by atoms with Crippen molar-refractivity contribution in [1.82, 2.24) is 9.80 Å². The molecule has 2 aliphatic heterocycles. The number of piperidine rings is 1. The molecule has 2 fully saturated rings. The highest BCUT2D eigenvalue weighted by molar-refractivity contribution is 7.07. The third-order valence-corrected chi connectivity index (χ3v) is 8.40. The second-order valence-corrected chi connectivity index (χ2v) is 11.4. The van der Waals surface area contributed by atoms with Crippen molar-refractivity contribution >= 4 is 22.9 Å². The van der Waals surface area contributed by atoms with Gasteiger partial charge in [-0.1, -0.05) is 72.3 Å². The van der Waals surface area contributed by atoms with Crippen molar-refractivity contribution < 1.29 is 5.11 Å². The maximum absolute atomic E-state index is 11.0. The molecule has 2 aliphatic rings. The van der Waals surface area contributed by atoms with Crippen molar-refractivity contribution in [3.05, 3.63) is 93.6 Å². The van der Waals surface area contributed by atoms with Crippen molar-refractivity contribution in [2.75, 3.05) is 32.7 Å². The summed E-state index contributed by atoms with van der Waals surface area (Å²) in [4.78, 5) is 5.12. The minimum Gasteiger partial charge on any atom is -0.390 e. The number of aliphatic hydroxyl groups is 1. The monoisotopic (exact) mass is 510 g/mol. The molecule has 2 saturated heterocycles. The van der Waals surface area contributed by atoms with E-state index in [1.165, 1.54) is 24.1 Å². The van der Waals surface area contributed by atoms with Gasteiger partial charge in [0.15, 0.2) is 0 Å². The summed E-state index contributed by atoms with van der Waals surface area (Å²) in [7, 11) is 0. The maximum atomic E-state index is 11.0. The highest BCUT2D eigenvalue weighted by Crippen LogP contribution is 2.29. The molecule has 0 saturated carbocycles. The molecule has 1 atom stereocenters. The molecular weight excluding hydrogens is 472 g/mol. The number of hydrogen-bond donors (Lipinski definition) is 1. The Balaban J connectivity index is 0.000000514. The molecule has 35 heavy (non-hydrogen) atoms. The van der Waals surface area contributed by atoms with Gasteiger partial charge in [-0.2, -0.15) is 11.3 Å². The average molecular weight is 511 g/mol. The number of hydrogen-bond acceptors (Lipinski definition) is 4. The van der Waals surface area contributed by atoms with Gasteiger partial charge in [-0.15, -0.1) is 0 Å². The van der Waals surface area contributed by atoms with Gasteiger partial charge in [0, 0.05) is 37.7 Å². The quantitative estimate of drug-likeness (QED) is 0.362. The van der Waals surface area contributed by atoms with Crippen LogP contribution in [0.3, 0.4) is 0 Å². The van der Waals surface area contributed by atoms with Gasteiger partial charge >= 0.3 is 0 Å². The van der Waals surface area contributed by atoms with E-state index in [0.717, 1.165) is 75.8 Å². The van der Waals surface area contributed by atoms with Gasteiger partial charge in [0.05, 0.1) is 5.60 Å². The zero-order valence-electron chi connectivity index (χ0n) is 20.7. The minimum absolute atomic E-state index is 0.461. The first-order valence-electron chi connectivity index (χ1n) is 13.0. The number of benzene rings is 2. The third-order valence-electron chi connectivity index (χ3n) is 7.40. The molecular formula is C30H39ClN2OS. The summed E-state index contributed by atoms with van der Waals surface area (Å²) >= 11 is 8.05. The largest absolute Gasteiger partial charge is 0.390 e. The second kappa shape index (κ2) is 13.6. The number of nitrogens with zero attached hydrogens (tertiary/aromatic N) is 2. The first-order chi connectivity index (χ1) is 17.1. The molecule has 0 amide bonds. The van der Waals surface area contributed by atoms with Crippen LogP contribution in [0.1, 0.15) is 43.2 Å². The van der Waals surface area contributed by atoms with Gasteiger partial charge in [0.2, 0.25) is 0 Å². The lowest BCUT2D eigenvalue weighted by Crippen LogP contribution is -2.46. The van der Waals surface area contributed by atoms with Crippen LogP contribution >= 0.6 is 22.9 Å². The average Bonchev–Trinajstić information content (AvgIpc) is 3.59. The van der Waals surface area contributed by atoms with Gasteiger partial charge < -0.3 is 10.0 Å². The molecule has 188 valence electrons. The van der Waals surface area contributed by atoms with Gasteiger partial charge in [-0.25, -0.2) is 0 Å². The highest BCUT2D eigenvalue weighted by atomic mass is 35.5. The minimum atomic E-state index is -0.461. The number of thiophene rings is 1. The highest BCUT2D eigenvalue weighted by Gasteiger charge is 2.33. The number of aryl methyl sites for hydroxylation is 1. The molecule has 1 aromatic heterocycles. The summed E-state index contributed by atoms with van der Waals surface area (Å²) in [6.07, 6.45) is 6.15. The molecule has 0 bridgehead atoms. The molecule has 0 spiro atoms. The van der Waals surface area contributed by atoms with E-state index in [1.807, 2.05) is 35.0 Å². The first kappa shape index (κ1) is 26.4. The van der Waals surface area contributed by atoms with Crippen LogP contribution in [0.2, 0.25) is 5.02 Å². The lowest BCUT2D eigenvalue weighted by atomic mass is 9.85. The zero-order valence-corrected chi connectivity index (χ0v) is 22.3. The van der Waals surface area contributed by atoms with Crippen LogP contribution in [0.5, 0.6) is 0 Å². The first-order valence-corrected chi connectivity index (χ1v) is 14.3. The van der Waals surface area contributed by atoms with Crippen molar-refractivity contribution in [2.45, 2.75) is 50.7 Å². The summed E-state index contributed by atoms with van der Waals surface area (Å²) in [5, 5.41) is 16.0. The topological polar surface area (TPSA) is 26.7 Å². The lowest BCUT2D eigenvalue weighted by Gasteiger charge is -2.39. The fourth-order valence-electron chi connectivity index (χ4n) is 5.33. The van der Waals surface area contributed by atoms with Crippen LogP contribution in [-0.2, 0) is 13.0 Å². The maximum Gasteiger partial charge on any atom is 0.0672 e. The number of halogens is 1. The molecule has 0 radical (unpaired) electrons. The third kappa shape index (κ3) is 8.73. The Labute approximate surface area is 220 Å². The van der Waals surface area contributed by atoms with Crippen LogP contribution in [0.25, 0.3) is 0 Å². The normalized spacial score (nSPS) is 20.3. The van der Waals surface area contributed by atoms with Gasteiger partial charge in [-0.05, 0) is 78.9 Å². The fraction of sp³-hybridized carbons (Fsp3) is 0.467. The zero-order chi connectivity index (χ0) is 24.3. The van der Waals surface area contributed by atoms with E-state index in [2.05, 4.69) is 52.3 Å². The van der Waals surface area contributed by atoms with Crippen molar-refractivity contribution in [1.29, 1.82) is 0 Å². The van der Waals surface area contributed by atoms with Gasteiger partial charge in [-0.3, -0.25) is 4.90 Å². The summed E-state index contributed by atoms with van der Waals surface area (Å²) < 4.78 is 0. The summed E-state index contributed by atoms with van der Waals surface area (Å²) in [6, 6.07) is 22.9. The second-order valence-electron chi connectivity index (χ2n) is 10.1.